The van der Waals surface area contributed by atoms with E-state index in [0.29, 0.717) is 35.5 Å². The summed E-state index contributed by atoms with van der Waals surface area (Å²) in [5.41, 5.74) is 1.92. The fourth-order valence-corrected chi connectivity index (χ4v) is 2.89. The number of nitrogens with one attached hydrogen (secondary N) is 2. The van der Waals surface area contributed by atoms with Crippen LogP contribution in [0.3, 0.4) is 0 Å². The molecule has 0 fully saturated rings. The number of esters is 1. The summed E-state index contributed by atoms with van der Waals surface area (Å²) in [4.78, 5) is 36.5. The molecule has 0 saturated heterocycles. The number of anilines is 2. The van der Waals surface area contributed by atoms with Crippen molar-refractivity contribution in [2.24, 2.45) is 0 Å². The van der Waals surface area contributed by atoms with Gasteiger partial charge in [-0.3, -0.25) is 9.59 Å². The van der Waals surface area contributed by atoms with Gasteiger partial charge in [-0.15, -0.1) is 0 Å². The van der Waals surface area contributed by atoms with Crippen molar-refractivity contribution >= 4 is 29.0 Å². The Morgan fingerprint density at radius 1 is 0.968 bits per heavy atom. The van der Waals surface area contributed by atoms with Crippen LogP contribution in [-0.2, 0) is 16.1 Å². The largest absolute Gasteiger partial charge is 0.467 e. The van der Waals surface area contributed by atoms with E-state index < -0.39 is 5.97 Å². The van der Waals surface area contributed by atoms with Crippen molar-refractivity contribution in [1.29, 1.82) is 0 Å². The summed E-state index contributed by atoms with van der Waals surface area (Å²) in [6.45, 7) is 1.96. The van der Waals surface area contributed by atoms with Crippen molar-refractivity contribution in [2.75, 3.05) is 17.2 Å². The van der Waals surface area contributed by atoms with Crippen LogP contribution in [0.5, 0.6) is 0 Å². The van der Waals surface area contributed by atoms with E-state index in [-0.39, 0.29) is 18.3 Å². The zero-order valence-electron chi connectivity index (χ0n) is 17.2. The Bertz CT molecular complexity index is 1030. The van der Waals surface area contributed by atoms with Gasteiger partial charge in [-0.1, -0.05) is 19.1 Å². The van der Waals surface area contributed by atoms with Gasteiger partial charge in [-0.2, -0.15) is 0 Å². The van der Waals surface area contributed by atoms with Crippen molar-refractivity contribution in [1.82, 2.24) is 0 Å². The highest BCUT2D eigenvalue weighted by Crippen LogP contribution is 2.18. The molecule has 2 aromatic carbocycles. The number of hydrogen-bond acceptors (Lipinski definition) is 6. The molecule has 0 atom stereocenters. The van der Waals surface area contributed by atoms with Gasteiger partial charge >= 0.3 is 5.97 Å². The standard InChI is InChI=1S/C24H24N2O5/c1-2-6-23(28)26-18-12-10-17(11-13-18)22(27)16-31-24(29)20-8-3-4-9-21(20)25-15-19-7-5-14-30-19/h3-5,7-14,25H,2,6,15-16H2,1H3,(H,26,28). The number of amides is 1. The Labute approximate surface area is 180 Å². The third-order valence-corrected chi connectivity index (χ3v) is 4.48. The topological polar surface area (TPSA) is 97.6 Å². The predicted octanol–water partition coefficient (Wildman–Crippen LogP) is 4.67. The quantitative estimate of drug-likeness (QED) is 0.365. The summed E-state index contributed by atoms with van der Waals surface area (Å²) in [5.74, 6) is -0.275. The molecule has 31 heavy (non-hydrogen) atoms. The molecule has 0 spiro atoms. The maximum atomic E-state index is 12.5. The van der Waals surface area contributed by atoms with E-state index in [1.165, 1.54) is 0 Å². The summed E-state index contributed by atoms with van der Waals surface area (Å²) >= 11 is 0. The summed E-state index contributed by atoms with van der Waals surface area (Å²) in [7, 11) is 0. The molecule has 0 unspecified atom stereocenters. The molecule has 0 saturated carbocycles. The van der Waals surface area contributed by atoms with E-state index >= 15 is 0 Å². The molecule has 0 bridgehead atoms. The molecule has 7 heteroatoms. The number of furan rings is 1. The Morgan fingerprint density at radius 2 is 1.74 bits per heavy atom. The Hall–Kier alpha value is -3.87. The number of Topliss-reactive ketones (excluding diaryl/α,β-unsaturated/α-hetero) is 1. The number of rotatable bonds is 10. The lowest BCUT2D eigenvalue weighted by Crippen LogP contribution is -2.16. The van der Waals surface area contributed by atoms with Gasteiger partial charge in [0, 0.05) is 23.4 Å². The van der Waals surface area contributed by atoms with Crippen LogP contribution in [0.15, 0.2) is 71.3 Å². The van der Waals surface area contributed by atoms with Crippen LogP contribution in [0, 0.1) is 0 Å². The molecule has 0 aliphatic rings. The average Bonchev–Trinajstić information content (AvgIpc) is 3.30. The molecular formula is C24H24N2O5. The Balaban J connectivity index is 1.55. The second-order valence-electron chi connectivity index (χ2n) is 6.85. The third kappa shape index (κ3) is 6.30. The maximum absolute atomic E-state index is 12.5. The summed E-state index contributed by atoms with van der Waals surface area (Å²) in [5, 5.41) is 5.89. The lowest BCUT2D eigenvalue weighted by molar-refractivity contribution is -0.116. The van der Waals surface area contributed by atoms with Gasteiger partial charge < -0.3 is 19.8 Å². The van der Waals surface area contributed by atoms with Crippen molar-refractivity contribution < 1.29 is 23.5 Å². The van der Waals surface area contributed by atoms with Crippen molar-refractivity contribution in [3.63, 3.8) is 0 Å². The van der Waals surface area contributed by atoms with E-state index in [0.717, 1.165) is 12.2 Å². The lowest BCUT2D eigenvalue weighted by Gasteiger charge is -2.11. The minimum absolute atomic E-state index is 0.0742. The lowest BCUT2D eigenvalue weighted by atomic mass is 10.1. The zero-order chi connectivity index (χ0) is 22.1. The number of para-hydroxylation sites is 1. The normalized spacial score (nSPS) is 10.4. The SMILES string of the molecule is CCCC(=O)Nc1ccc(C(=O)COC(=O)c2ccccc2NCc2ccco2)cc1. The molecule has 1 aromatic heterocycles. The molecule has 1 heterocycles. The fraction of sp³-hybridized carbons (Fsp3) is 0.208. The monoisotopic (exact) mass is 420 g/mol. The van der Waals surface area contributed by atoms with Crippen LogP contribution in [0.2, 0.25) is 0 Å². The van der Waals surface area contributed by atoms with E-state index in [2.05, 4.69) is 10.6 Å². The van der Waals surface area contributed by atoms with Crippen molar-refractivity contribution in [3.05, 3.63) is 83.8 Å². The van der Waals surface area contributed by atoms with E-state index in [1.54, 1.807) is 60.9 Å². The van der Waals surface area contributed by atoms with Crippen molar-refractivity contribution in [2.45, 2.75) is 26.3 Å². The highest BCUT2D eigenvalue weighted by molar-refractivity contribution is 6.01. The molecule has 0 aliphatic heterocycles. The van der Waals surface area contributed by atoms with E-state index in [9.17, 15) is 14.4 Å². The molecular weight excluding hydrogens is 396 g/mol. The second kappa shape index (κ2) is 10.8. The number of carbonyl (C=O) groups is 3. The number of carbonyl (C=O) groups excluding carboxylic acids is 3. The van der Waals surface area contributed by atoms with Crippen LogP contribution in [0.4, 0.5) is 11.4 Å². The third-order valence-electron chi connectivity index (χ3n) is 4.48. The summed E-state index contributed by atoms with van der Waals surface area (Å²) in [6, 6.07) is 17.0. The zero-order valence-corrected chi connectivity index (χ0v) is 17.2. The highest BCUT2D eigenvalue weighted by Gasteiger charge is 2.15. The maximum Gasteiger partial charge on any atom is 0.340 e. The predicted molar refractivity (Wildman–Crippen MR) is 117 cm³/mol. The molecule has 1 amide bonds. The van der Waals surface area contributed by atoms with Crippen LogP contribution in [0.25, 0.3) is 0 Å². The van der Waals surface area contributed by atoms with Gasteiger partial charge in [0.05, 0.1) is 18.4 Å². The van der Waals surface area contributed by atoms with Gasteiger partial charge in [0.1, 0.15) is 5.76 Å². The summed E-state index contributed by atoms with van der Waals surface area (Å²) in [6.07, 6.45) is 2.78. The van der Waals surface area contributed by atoms with Crippen LogP contribution >= 0.6 is 0 Å². The first-order chi connectivity index (χ1) is 15.1. The van der Waals surface area contributed by atoms with Gasteiger partial charge in [-0.25, -0.2) is 4.79 Å². The first-order valence-electron chi connectivity index (χ1n) is 10.0. The number of benzene rings is 2. The fourth-order valence-electron chi connectivity index (χ4n) is 2.89. The Kier molecular flexibility index (Phi) is 7.59. The number of ether oxygens (including phenoxy) is 1. The molecule has 7 nitrogen and oxygen atoms in total. The average molecular weight is 420 g/mol. The van der Waals surface area contributed by atoms with Gasteiger partial charge in [0.2, 0.25) is 5.91 Å². The molecule has 2 N–H and O–H groups in total. The van der Waals surface area contributed by atoms with Crippen LogP contribution in [-0.4, -0.2) is 24.3 Å². The molecule has 160 valence electrons. The van der Waals surface area contributed by atoms with E-state index in [4.69, 9.17) is 9.15 Å². The molecule has 0 radical (unpaired) electrons. The summed E-state index contributed by atoms with van der Waals surface area (Å²) < 4.78 is 10.5. The Morgan fingerprint density at radius 3 is 2.45 bits per heavy atom. The van der Waals surface area contributed by atoms with Gasteiger partial charge in [-0.05, 0) is 55.0 Å². The van der Waals surface area contributed by atoms with Gasteiger partial charge in [0.15, 0.2) is 12.4 Å². The first-order valence-corrected chi connectivity index (χ1v) is 10.0. The highest BCUT2D eigenvalue weighted by atomic mass is 16.5. The van der Waals surface area contributed by atoms with Crippen molar-refractivity contribution in [3.8, 4) is 0 Å². The molecule has 3 rings (SSSR count). The molecule has 3 aromatic rings. The van der Waals surface area contributed by atoms with Crippen LogP contribution in [0.1, 0.15) is 46.2 Å². The number of hydrogen-bond donors (Lipinski definition) is 2. The minimum Gasteiger partial charge on any atom is -0.467 e. The molecule has 0 aliphatic carbocycles. The smallest absolute Gasteiger partial charge is 0.340 e. The van der Waals surface area contributed by atoms with Crippen LogP contribution < -0.4 is 10.6 Å². The van der Waals surface area contributed by atoms with E-state index in [1.807, 2.05) is 13.0 Å². The second-order valence-corrected chi connectivity index (χ2v) is 6.85. The van der Waals surface area contributed by atoms with Gasteiger partial charge in [0.25, 0.3) is 0 Å². The minimum atomic E-state index is -0.598. The first kappa shape index (κ1) is 21.8. The number of ketones is 1.